The highest BCUT2D eigenvalue weighted by Crippen LogP contribution is 2.16. The van der Waals surface area contributed by atoms with Crippen LogP contribution in [0.3, 0.4) is 0 Å². The second kappa shape index (κ2) is 3.65. The van der Waals surface area contributed by atoms with Crippen LogP contribution in [-0.2, 0) is 0 Å². The summed E-state index contributed by atoms with van der Waals surface area (Å²) in [7, 11) is 0. The number of carbonyl (C=O) groups excluding carboxylic acids is 1. The molecular weight excluding hydrogens is 190 g/mol. The molecule has 0 radical (unpaired) electrons. The number of carbonyl (C=O) groups is 1. The first-order chi connectivity index (χ1) is 7.16. The van der Waals surface area contributed by atoms with Crippen LogP contribution in [-0.4, -0.2) is 21.0 Å². The number of nitrogens with one attached hydrogen (secondary N) is 1. The summed E-state index contributed by atoms with van der Waals surface area (Å²) in [6.07, 6.45) is 0. The molecule has 2 rings (SSSR count). The van der Waals surface area contributed by atoms with E-state index in [4.69, 9.17) is 0 Å². The number of Topliss-reactive ketones (excluding diaryl/α,β-unsaturated/α-hetero) is 1. The van der Waals surface area contributed by atoms with E-state index in [1.807, 2.05) is 19.1 Å². The Bertz CT molecular complexity index is 502. The fourth-order valence-electron chi connectivity index (χ4n) is 1.35. The maximum absolute atomic E-state index is 11.2. The van der Waals surface area contributed by atoms with Crippen LogP contribution in [0.25, 0.3) is 11.4 Å². The Labute approximate surface area is 87.4 Å². The van der Waals surface area contributed by atoms with Crippen molar-refractivity contribution in [1.29, 1.82) is 0 Å². The van der Waals surface area contributed by atoms with Gasteiger partial charge in [0, 0.05) is 11.1 Å². The van der Waals surface area contributed by atoms with Crippen molar-refractivity contribution >= 4 is 5.78 Å². The van der Waals surface area contributed by atoms with Crippen LogP contribution in [0.1, 0.15) is 23.1 Å². The van der Waals surface area contributed by atoms with Gasteiger partial charge in [-0.25, -0.2) is 4.98 Å². The van der Waals surface area contributed by atoms with Gasteiger partial charge in [-0.3, -0.25) is 9.89 Å². The summed E-state index contributed by atoms with van der Waals surface area (Å²) in [5.41, 5.74) is 1.53. The predicted octanol–water partition coefficient (Wildman–Crippen LogP) is 1.98. The molecule has 0 atom stereocenters. The van der Waals surface area contributed by atoms with Gasteiger partial charge in [0.25, 0.3) is 0 Å². The topological polar surface area (TPSA) is 58.6 Å². The van der Waals surface area contributed by atoms with Crippen molar-refractivity contribution < 1.29 is 4.79 Å². The van der Waals surface area contributed by atoms with Gasteiger partial charge in [0.1, 0.15) is 5.82 Å². The van der Waals surface area contributed by atoms with Crippen molar-refractivity contribution in [1.82, 2.24) is 15.2 Å². The molecule has 4 heteroatoms. The monoisotopic (exact) mass is 201 g/mol. The van der Waals surface area contributed by atoms with Gasteiger partial charge in [-0.05, 0) is 19.9 Å². The lowest BCUT2D eigenvalue weighted by Crippen LogP contribution is -1.92. The lowest BCUT2D eigenvalue weighted by molar-refractivity contribution is 0.101. The molecular formula is C11H11N3O. The quantitative estimate of drug-likeness (QED) is 0.756. The Morgan fingerprint density at radius 3 is 2.80 bits per heavy atom. The third kappa shape index (κ3) is 1.93. The van der Waals surface area contributed by atoms with E-state index in [1.165, 1.54) is 0 Å². The second-order valence-corrected chi connectivity index (χ2v) is 3.38. The molecule has 1 aromatic heterocycles. The normalized spacial score (nSPS) is 10.3. The number of aromatic amines is 1. The van der Waals surface area contributed by atoms with Crippen LogP contribution in [0.15, 0.2) is 24.3 Å². The van der Waals surface area contributed by atoms with E-state index in [0.29, 0.717) is 11.4 Å². The highest BCUT2D eigenvalue weighted by Gasteiger charge is 2.05. The average Bonchev–Trinajstić information content (AvgIpc) is 2.65. The zero-order valence-corrected chi connectivity index (χ0v) is 8.61. The van der Waals surface area contributed by atoms with E-state index in [0.717, 1.165) is 11.4 Å². The van der Waals surface area contributed by atoms with E-state index >= 15 is 0 Å². The summed E-state index contributed by atoms with van der Waals surface area (Å²) < 4.78 is 0. The molecule has 0 bridgehead atoms. The predicted molar refractivity (Wildman–Crippen MR) is 56.6 cm³/mol. The van der Waals surface area contributed by atoms with Crippen LogP contribution in [0.4, 0.5) is 0 Å². The summed E-state index contributed by atoms with van der Waals surface area (Å²) in [5.74, 6) is 1.43. The second-order valence-electron chi connectivity index (χ2n) is 3.38. The lowest BCUT2D eigenvalue weighted by Gasteiger charge is -1.98. The molecule has 0 unspecified atom stereocenters. The maximum atomic E-state index is 11.2. The molecule has 0 amide bonds. The van der Waals surface area contributed by atoms with Crippen LogP contribution in [0.2, 0.25) is 0 Å². The standard InChI is InChI=1S/C11H11N3O/c1-7(15)9-4-3-5-10(6-9)11-12-8(2)13-14-11/h3-6H,1-2H3,(H,12,13,14). The number of benzene rings is 1. The van der Waals surface area contributed by atoms with E-state index < -0.39 is 0 Å². The number of ketones is 1. The molecule has 0 aliphatic heterocycles. The minimum absolute atomic E-state index is 0.0455. The summed E-state index contributed by atoms with van der Waals surface area (Å²) in [6, 6.07) is 7.29. The van der Waals surface area contributed by atoms with Crippen molar-refractivity contribution in [3.8, 4) is 11.4 Å². The summed E-state index contributed by atoms with van der Waals surface area (Å²) in [6.45, 7) is 3.38. The van der Waals surface area contributed by atoms with E-state index in [2.05, 4.69) is 15.2 Å². The van der Waals surface area contributed by atoms with Crippen molar-refractivity contribution in [2.75, 3.05) is 0 Å². The largest absolute Gasteiger partial charge is 0.295 e. The number of aromatic nitrogens is 3. The molecule has 0 saturated heterocycles. The SMILES string of the molecule is CC(=O)c1cccc(-c2n[nH]c(C)n2)c1. The number of nitrogens with zero attached hydrogens (tertiary/aromatic N) is 2. The molecule has 0 aliphatic rings. The van der Waals surface area contributed by atoms with Gasteiger partial charge in [-0.1, -0.05) is 18.2 Å². The zero-order chi connectivity index (χ0) is 10.8. The first kappa shape index (κ1) is 9.58. The van der Waals surface area contributed by atoms with Crippen LogP contribution >= 0.6 is 0 Å². The van der Waals surface area contributed by atoms with Crippen molar-refractivity contribution in [3.63, 3.8) is 0 Å². The third-order valence-corrected chi connectivity index (χ3v) is 2.12. The Kier molecular flexibility index (Phi) is 2.33. The summed E-state index contributed by atoms with van der Waals surface area (Å²) >= 11 is 0. The molecule has 0 saturated carbocycles. The molecule has 1 N–H and O–H groups in total. The lowest BCUT2D eigenvalue weighted by atomic mass is 10.1. The summed E-state index contributed by atoms with van der Waals surface area (Å²) in [4.78, 5) is 15.4. The van der Waals surface area contributed by atoms with Crippen molar-refractivity contribution in [2.45, 2.75) is 13.8 Å². The fraction of sp³-hybridized carbons (Fsp3) is 0.182. The third-order valence-electron chi connectivity index (χ3n) is 2.12. The zero-order valence-electron chi connectivity index (χ0n) is 8.61. The summed E-state index contributed by atoms with van der Waals surface area (Å²) in [5, 5.41) is 6.81. The van der Waals surface area contributed by atoms with Crippen LogP contribution in [0.5, 0.6) is 0 Å². The number of rotatable bonds is 2. The number of aryl methyl sites for hydroxylation is 1. The molecule has 4 nitrogen and oxygen atoms in total. The number of hydrogen-bond donors (Lipinski definition) is 1. The molecule has 0 spiro atoms. The van der Waals surface area contributed by atoms with Gasteiger partial charge in [-0.2, -0.15) is 5.10 Å². The van der Waals surface area contributed by atoms with E-state index in [9.17, 15) is 4.79 Å². The van der Waals surface area contributed by atoms with Gasteiger partial charge in [0.2, 0.25) is 0 Å². The average molecular weight is 201 g/mol. The minimum atomic E-state index is 0.0455. The van der Waals surface area contributed by atoms with Crippen LogP contribution < -0.4 is 0 Å². The molecule has 15 heavy (non-hydrogen) atoms. The highest BCUT2D eigenvalue weighted by molar-refractivity contribution is 5.95. The minimum Gasteiger partial charge on any atom is -0.295 e. The molecule has 2 aromatic rings. The Morgan fingerprint density at radius 1 is 1.40 bits per heavy atom. The smallest absolute Gasteiger partial charge is 0.181 e. The van der Waals surface area contributed by atoms with E-state index in [-0.39, 0.29) is 5.78 Å². The highest BCUT2D eigenvalue weighted by atomic mass is 16.1. The van der Waals surface area contributed by atoms with Gasteiger partial charge in [0.15, 0.2) is 11.6 Å². The molecule has 0 aliphatic carbocycles. The van der Waals surface area contributed by atoms with Gasteiger partial charge < -0.3 is 0 Å². The molecule has 1 aromatic carbocycles. The van der Waals surface area contributed by atoms with Crippen molar-refractivity contribution in [2.24, 2.45) is 0 Å². The number of H-pyrrole nitrogens is 1. The van der Waals surface area contributed by atoms with Crippen LogP contribution in [0, 0.1) is 6.92 Å². The Morgan fingerprint density at radius 2 is 2.20 bits per heavy atom. The van der Waals surface area contributed by atoms with Crippen molar-refractivity contribution in [3.05, 3.63) is 35.7 Å². The maximum Gasteiger partial charge on any atom is 0.181 e. The Balaban J connectivity index is 2.45. The first-order valence-corrected chi connectivity index (χ1v) is 4.67. The first-order valence-electron chi connectivity index (χ1n) is 4.67. The molecule has 76 valence electrons. The van der Waals surface area contributed by atoms with Gasteiger partial charge in [0.05, 0.1) is 0 Å². The molecule has 0 fully saturated rings. The number of hydrogen-bond acceptors (Lipinski definition) is 3. The van der Waals surface area contributed by atoms with Gasteiger partial charge in [-0.15, -0.1) is 0 Å². The molecule has 1 heterocycles. The van der Waals surface area contributed by atoms with Gasteiger partial charge >= 0.3 is 0 Å². The Hall–Kier alpha value is -1.97. The fourth-order valence-corrected chi connectivity index (χ4v) is 1.35. The van der Waals surface area contributed by atoms with E-state index in [1.54, 1.807) is 19.1 Å².